The van der Waals surface area contributed by atoms with Crippen LogP contribution in [0, 0.1) is 12.7 Å². The van der Waals surface area contributed by atoms with Crippen molar-refractivity contribution in [2.24, 2.45) is 0 Å². The Balaban J connectivity index is 2.02. The number of anilines is 1. The van der Waals surface area contributed by atoms with Crippen LogP contribution in [0.4, 0.5) is 10.1 Å². The number of rotatable bonds is 3. The molecule has 0 atom stereocenters. The van der Waals surface area contributed by atoms with E-state index in [0.29, 0.717) is 5.56 Å². The number of aryl methyl sites for hydroxylation is 1. The van der Waals surface area contributed by atoms with Crippen molar-refractivity contribution < 1.29 is 4.39 Å². The molecule has 1 aromatic heterocycles. The maximum absolute atomic E-state index is 13.2. The molecule has 0 unspecified atom stereocenters. The highest BCUT2D eigenvalue weighted by molar-refractivity contribution is 7.07. The van der Waals surface area contributed by atoms with Crippen LogP contribution in [-0.4, -0.2) is 0 Å². The van der Waals surface area contributed by atoms with Crippen molar-refractivity contribution in [3.63, 3.8) is 0 Å². The van der Waals surface area contributed by atoms with E-state index in [1.54, 1.807) is 24.3 Å². The summed E-state index contributed by atoms with van der Waals surface area (Å²) in [4.78, 5) is 0. The summed E-state index contributed by atoms with van der Waals surface area (Å²) in [5, 5.41) is 7.30. The fourth-order valence-electron chi connectivity index (χ4n) is 1.30. The van der Waals surface area contributed by atoms with E-state index in [4.69, 9.17) is 0 Å². The van der Waals surface area contributed by atoms with Gasteiger partial charge in [-0.3, -0.25) is 0 Å². The second-order valence-electron chi connectivity index (χ2n) is 3.45. The van der Waals surface area contributed by atoms with Crippen molar-refractivity contribution in [1.82, 2.24) is 0 Å². The Morgan fingerprint density at radius 2 is 2.20 bits per heavy atom. The number of hydrogen-bond donors (Lipinski definition) is 1. The molecule has 2 rings (SSSR count). The molecule has 1 N–H and O–H groups in total. The highest BCUT2D eigenvalue weighted by Crippen LogP contribution is 2.15. The van der Waals surface area contributed by atoms with Crippen LogP contribution in [0.1, 0.15) is 11.1 Å². The lowest BCUT2D eigenvalue weighted by atomic mass is 10.2. The minimum absolute atomic E-state index is 0.162. The van der Waals surface area contributed by atoms with E-state index in [1.807, 2.05) is 11.4 Å². The van der Waals surface area contributed by atoms with E-state index in [2.05, 4.69) is 16.8 Å². The molecule has 0 aliphatic carbocycles. The Bertz CT molecular complexity index is 437. The van der Waals surface area contributed by atoms with Gasteiger partial charge in [0.15, 0.2) is 0 Å². The van der Waals surface area contributed by atoms with Crippen LogP contribution in [0.5, 0.6) is 0 Å². The first-order valence-electron chi connectivity index (χ1n) is 4.77. The second-order valence-corrected chi connectivity index (χ2v) is 4.23. The molecule has 0 fully saturated rings. The van der Waals surface area contributed by atoms with Gasteiger partial charge in [0.05, 0.1) is 0 Å². The third kappa shape index (κ3) is 2.57. The SMILES string of the molecule is Cc1ccc(NCc2ccsc2)cc1F. The largest absolute Gasteiger partial charge is 0.381 e. The Kier molecular flexibility index (Phi) is 3.02. The average molecular weight is 221 g/mol. The molecule has 2 aromatic rings. The summed E-state index contributed by atoms with van der Waals surface area (Å²) in [6.45, 7) is 2.50. The number of benzene rings is 1. The van der Waals surface area contributed by atoms with Crippen LogP contribution >= 0.6 is 11.3 Å². The molecule has 1 heterocycles. The summed E-state index contributed by atoms with van der Waals surface area (Å²) in [5.41, 5.74) is 2.72. The zero-order valence-corrected chi connectivity index (χ0v) is 9.27. The molecule has 0 amide bonds. The molecule has 0 saturated carbocycles. The molecule has 0 saturated heterocycles. The third-order valence-electron chi connectivity index (χ3n) is 2.25. The molecule has 0 spiro atoms. The predicted molar refractivity (Wildman–Crippen MR) is 62.8 cm³/mol. The van der Waals surface area contributed by atoms with E-state index >= 15 is 0 Å². The molecule has 0 aliphatic rings. The standard InChI is InChI=1S/C12H12FNS/c1-9-2-3-11(6-12(9)13)14-7-10-4-5-15-8-10/h2-6,8,14H,7H2,1H3. The highest BCUT2D eigenvalue weighted by atomic mass is 32.1. The van der Waals surface area contributed by atoms with Crippen LogP contribution < -0.4 is 5.32 Å². The fraction of sp³-hybridized carbons (Fsp3) is 0.167. The number of hydrogen-bond acceptors (Lipinski definition) is 2. The van der Waals surface area contributed by atoms with Crippen molar-refractivity contribution in [1.29, 1.82) is 0 Å². The molecule has 0 aliphatic heterocycles. The van der Waals surface area contributed by atoms with Gasteiger partial charge in [-0.05, 0) is 47.0 Å². The first-order valence-corrected chi connectivity index (χ1v) is 5.71. The Hall–Kier alpha value is -1.35. The molecule has 3 heteroatoms. The number of nitrogens with one attached hydrogen (secondary N) is 1. The van der Waals surface area contributed by atoms with Crippen molar-refractivity contribution in [3.05, 3.63) is 52.0 Å². The van der Waals surface area contributed by atoms with Gasteiger partial charge in [0, 0.05) is 12.2 Å². The second kappa shape index (κ2) is 4.45. The molecule has 0 radical (unpaired) electrons. The third-order valence-corrected chi connectivity index (χ3v) is 2.98. The lowest BCUT2D eigenvalue weighted by Gasteiger charge is -2.05. The molecular formula is C12H12FNS. The van der Waals surface area contributed by atoms with Crippen molar-refractivity contribution in [3.8, 4) is 0 Å². The first kappa shape index (κ1) is 10.2. The maximum Gasteiger partial charge on any atom is 0.128 e. The summed E-state index contributed by atoms with van der Waals surface area (Å²) in [6, 6.07) is 7.26. The zero-order valence-electron chi connectivity index (χ0n) is 8.46. The minimum atomic E-state index is -0.162. The van der Waals surface area contributed by atoms with Crippen LogP contribution in [0.15, 0.2) is 35.0 Å². The zero-order chi connectivity index (χ0) is 10.7. The highest BCUT2D eigenvalue weighted by Gasteiger charge is 1.99. The van der Waals surface area contributed by atoms with E-state index in [9.17, 15) is 4.39 Å². The summed E-state index contributed by atoms with van der Waals surface area (Å²) >= 11 is 1.67. The van der Waals surface area contributed by atoms with Crippen LogP contribution in [0.3, 0.4) is 0 Å². The molecule has 1 nitrogen and oxygen atoms in total. The smallest absolute Gasteiger partial charge is 0.128 e. The summed E-state index contributed by atoms with van der Waals surface area (Å²) in [7, 11) is 0. The van der Waals surface area contributed by atoms with Gasteiger partial charge in [0.25, 0.3) is 0 Å². The maximum atomic E-state index is 13.2. The topological polar surface area (TPSA) is 12.0 Å². The van der Waals surface area contributed by atoms with Crippen molar-refractivity contribution in [2.75, 3.05) is 5.32 Å². The van der Waals surface area contributed by atoms with Crippen molar-refractivity contribution >= 4 is 17.0 Å². The quantitative estimate of drug-likeness (QED) is 0.831. The Morgan fingerprint density at radius 3 is 2.87 bits per heavy atom. The van der Waals surface area contributed by atoms with E-state index in [0.717, 1.165) is 12.2 Å². The van der Waals surface area contributed by atoms with Gasteiger partial charge in [-0.1, -0.05) is 6.07 Å². The molecular weight excluding hydrogens is 209 g/mol. The lowest BCUT2D eigenvalue weighted by molar-refractivity contribution is 0.619. The Labute approximate surface area is 92.6 Å². The fourth-order valence-corrected chi connectivity index (χ4v) is 1.97. The molecule has 78 valence electrons. The van der Waals surface area contributed by atoms with Gasteiger partial charge in [-0.15, -0.1) is 0 Å². The van der Waals surface area contributed by atoms with Crippen LogP contribution in [-0.2, 0) is 6.54 Å². The Morgan fingerprint density at radius 1 is 1.33 bits per heavy atom. The summed E-state index contributed by atoms with van der Waals surface area (Å²) in [5.74, 6) is -0.162. The predicted octanol–water partition coefficient (Wildman–Crippen LogP) is 3.81. The normalized spacial score (nSPS) is 10.3. The van der Waals surface area contributed by atoms with E-state index in [1.165, 1.54) is 11.6 Å². The molecule has 0 bridgehead atoms. The van der Waals surface area contributed by atoms with Crippen molar-refractivity contribution in [2.45, 2.75) is 13.5 Å². The van der Waals surface area contributed by atoms with E-state index in [-0.39, 0.29) is 5.82 Å². The van der Waals surface area contributed by atoms with E-state index < -0.39 is 0 Å². The molecule has 15 heavy (non-hydrogen) atoms. The number of halogens is 1. The first-order chi connectivity index (χ1) is 7.25. The van der Waals surface area contributed by atoms with Gasteiger partial charge < -0.3 is 5.32 Å². The average Bonchev–Trinajstić information content (AvgIpc) is 2.73. The lowest BCUT2D eigenvalue weighted by Crippen LogP contribution is -1.98. The monoisotopic (exact) mass is 221 g/mol. The minimum Gasteiger partial charge on any atom is -0.381 e. The molecule has 1 aromatic carbocycles. The van der Waals surface area contributed by atoms with Gasteiger partial charge >= 0.3 is 0 Å². The van der Waals surface area contributed by atoms with Crippen LogP contribution in [0.2, 0.25) is 0 Å². The number of thiophene rings is 1. The van der Waals surface area contributed by atoms with Crippen LogP contribution in [0.25, 0.3) is 0 Å². The van der Waals surface area contributed by atoms with Gasteiger partial charge in [0.1, 0.15) is 5.82 Å². The summed E-state index contributed by atoms with van der Waals surface area (Å²) < 4.78 is 13.2. The van der Waals surface area contributed by atoms with Gasteiger partial charge in [0.2, 0.25) is 0 Å². The van der Waals surface area contributed by atoms with Gasteiger partial charge in [-0.2, -0.15) is 11.3 Å². The summed E-state index contributed by atoms with van der Waals surface area (Å²) in [6.07, 6.45) is 0. The van der Waals surface area contributed by atoms with Gasteiger partial charge in [-0.25, -0.2) is 4.39 Å².